The van der Waals surface area contributed by atoms with Crippen molar-refractivity contribution in [1.29, 1.82) is 0 Å². The number of rotatable bonds is 3. The molecule has 2 aromatic rings. The van der Waals surface area contributed by atoms with E-state index in [2.05, 4.69) is 21.2 Å². The van der Waals surface area contributed by atoms with Crippen LogP contribution in [0.5, 0.6) is 0 Å². The second-order valence-corrected chi connectivity index (χ2v) is 4.86. The lowest BCUT2D eigenvalue weighted by Gasteiger charge is -2.12. The summed E-state index contributed by atoms with van der Waals surface area (Å²) in [5.41, 5.74) is 10.5. The molecule has 2 aromatic carbocycles. The molecular formula is C13H10BrF2N3O. The first-order chi connectivity index (χ1) is 9.40. The van der Waals surface area contributed by atoms with Gasteiger partial charge in [0.25, 0.3) is 5.91 Å². The van der Waals surface area contributed by atoms with Gasteiger partial charge in [-0.15, -0.1) is 0 Å². The van der Waals surface area contributed by atoms with Gasteiger partial charge in [0.2, 0.25) is 0 Å². The van der Waals surface area contributed by atoms with Gasteiger partial charge < -0.3 is 16.8 Å². The van der Waals surface area contributed by atoms with E-state index < -0.39 is 17.5 Å². The molecule has 0 atom stereocenters. The average Bonchev–Trinajstić information content (AvgIpc) is 2.35. The van der Waals surface area contributed by atoms with E-state index in [0.717, 1.165) is 12.1 Å². The summed E-state index contributed by atoms with van der Waals surface area (Å²) >= 11 is 3.15. The van der Waals surface area contributed by atoms with Crippen LogP contribution >= 0.6 is 15.9 Å². The van der Waals surface area contributed by atoms with Gasteiger partial charge >= 0.3 is 0 Å². The highest BCUT2D eigenvalue weighted by Crippen LogP contribution is 2.31. The number of hydrogen-bond acceptors (Lipinski definition) is 3. The zero-order valence-corrected chi connectivity index (χ0v) is 11.7. The van der Waals surface area contributed by atoms with Gasteiger partial charge in [-0.3, -0.25) is 4.79 Å². The Kier molecular flexibility index (Phi) is 3.89. The summed E-state index contributed by atoms with van der Waals surface area (Å²) in [5, 5.41) is 2.57. The Morgan fingerprint density at radius 1 is 1.20 bits per heavy atom. The predicted octanol–water partition coefficient (Wildman–Crippen LogP) is 3.15. The van der Waals surface area contributed by atoms with E-state index in [0.29, 0.717) is 4.47 Å². The highest BCUT2D eigenvalue weighted by atomic mass is 79.9. The van der Waals surface area contributed by atoms with Crippen LogP contribution in [0.2, 0.25) is 0 Å². The molecule has 4 nitrogen and oxygen atoms in total. The SMILES string of the molecule is NC(=O)c1cc(Nc2c(F)cccc2Br)c(F)cc1N. The van der Waals surface area contributed by atoms with Gasteiger partial charge in [0.05, 0.1) is 16.9 Å². The highest BCUT2D eigenvalue weighted by molar-refractivity contribution is 9.10. The summed E-state index contributed by atoms with van der Waals surface area (Å²) in [6.45, 7) is 0. The maximum Gasteiger partial charge on any atom is 0.250 e. The molecule has 0 spiro atoms. The Balaban J connectivity index is 2.49. The summed E-state index contributed by atoms with van der Waals surface area (Å²) in [6, 6.07) is 6.41. The van der Waals surface area contributed by atoms with Gasteiger partial charge in [0.15, 0.2) is 0 Å². The zero-order chi connectivity index (χ0) is 14.9. The molecule has 0 radical (unpaired) electrons. The lowest BCUT2D eigenvalue weighted by atomic mass is 10.1. The second-order valence-electron chi connectivity index (χ2n) is 4.01. The largest absolute Gasteiger partial charge is 0.398 e. The molecule has 0 bridgehead atoms. The predicted molar refractivity (Wildman–Crippen MR) is 76.7 cm³/mol. The van der Waals surface area contributed by atoms with Gasteiger partial charge in [-0.2, -0.15) is 0 Å². The number of halogens is 3. The Hall–Kier alpha value is -2.15. The van der Waals surface area contributed by atoms with Crippen molar-refractivity contribution in [1.82, 2.24) is 0 Å². The quantitative estimate of drug-likeness (QED) is 0.750. The fourth-order valence-electron chi connectivity index (χ4n) is 1.65. The first kappa shape index (κ1) is 14.3. The standard InChI is InChI=1S/C13H10BrF2N3O/c14-7-2-1-3-8(15)12(7)19-11-4-6(13(18)20)10(17)5-9(11)16/h1-5,19H,17H2,(H2,18,20). The molecule has 1 amide bonds. The van der Waals surface area contributed by atoms with Crippen molar-refractivity contribution in [3.63, 3.8) is 0 Å². The molecular weight excluding hydrogens is 332 g/mol. The van der Waals surface area contributed by atoms with Crippen molar-refractivity contribution in [2.24, 2.45) is 5.73 Å². The molecule has 7 heteroatoms. The summed E-state index contributed by atoms with van der Waals surface area (Å²) in [6.07, 6.45) is 0. The topological polar surface area (TPSA) is 81.1 Å². The van der Waals surface area contributed by atoms with E-state index in [1.54, 1.807) is 6.07 Å². The summed E-state index contributed by atoms with van der Waals surface area (Å²) in [7, 11) is 0. The van der Waals surface area contributed by atoms with Crippen LogP contribution in [-0.4, -0.2) is 5.91 Å². The first-order valence-electron chi connectivity index (χ1n) is 5.50. The maximum absolute atomic E-state index is 13.8. The van der Waals surface area contributed by atoms with E-state index in [1.807, 2.05) is 0 Å². The number of carbonyl (C=O) groups is 1. The van der Waals surface area contributed by atoms with Gasteiger partial charge in [0.1, 0.15) is 11.6 Å². The normalized spacial score (nSPS) is 10.3. The van der Waals surface area contributed by atoms with Crippen molar-refractivity contribution in [3.8, 4) is 0 Å². The van der Waals surface area contributed by atoms with Crippen molar-refractivity contribution in [3.05, 3.63) is 52.0 Å². The van der Waals surface area contributed by atoms with Gasteiger partial charge in [0, 0.05) is 10.2 Å². The van der Waals surface area contributed by atoms with Crippen LogP contribution in [0.25, 0.3) is 0 Å². The zero-order valence-electron chi connectivity index (χ0n) is 10.1. The number of para-hydroxylation sites is 1. The molecule has 0 saturated heterocycles. The minimum atomic E-state index is -0.793. The highest BCUT2D eigenvalue weighted by Gasteiger charge is 2.14. The molecule has 0 fully saturated rings. The fourth-order valence-corrected chi connectivity index (χ4v) is 2.09. The van der Waals surface area contributed by atoms with E-state index in [4.69, 9.17) is 11.5 Å². The molecule has 0 saturated carbocycles. The van der Waals surface area contributed by atoms with Crippen LogP contribution in [0.4, 0.5) is 25.8 Å². The summed E-state index contributed by atoms with van der Waals surface area (Å²) in [4.78, 5) is 11.2. The molecule has 2 rings (SSSR count). The Morgan fingerprint density at radius 2 is 1.90 bits per heavy atom. The van der Waals surface area contributed by atoms with Crippen LogP contribution in [-0.2, 0) is 0 Å². The number of nitrogens with one attached hydrogen (secondary N) is 1. The molecule has 5 N–H and O–H groups in total. The van der Waals surface area contributed by atoms with Crippen molar-refractivity contribution in [2.45, 2.75) is 0 Å². The second kappa shape index (κ2) is 5.46. The lowest BCUT2D eigenvalue weighted by Crippen LogP contribution is -2.14. The monoisotopic (exact) mass is 341 g/mol. The number of anilines is 3. The smallest absolute Gasteiger partial charge is 0.250 e. The van der Waals surface area contributed by atoms with Crippen LogP contribution in [0.3, 0.4) is 0 Å². The number of primary amides is 1. The third-order valence-electron chi connectivity index (χ3n) is 2.63. The van der Waals surface area contributed by atoms with Gasteiger partial charge in [-0.25, -0.2) is 8.78 Å². The van der Waals surface area contributed by atoms with E-state index >= 15 is 0 Å². The van der Waals surface area contributed by atoms with Crippen LogP contribution in [0, 0.1) is 11.6 Å². The van der Waals surface area contributed by atoms with E-state index in [-0.39, 0.29) is 22.6 Å². The molecule has 0 aliphatic rings. The first-order valence-corrected chi connectivity index (χ1v) is 6.29. The molecule has 0 heterocycles. The van der Waals surface area contributed by atoms with E-state index in [1.165, 1.54) is 12.1 Å². The van der Waals surface area contributed by atoms with Crippen molar-refractivity contribution < 1.29 is 13.6 Å². The average molecular weight is 342 g/mol. The molecule has 0 unspecified atom stereocenters. The lowest BCUT2D eigenvalue weighted by molar-refractivity contribution is 0.100. The number of amides is 1. The molecule has 104 valence electrons. The Labute approximate surface area is 121 Å². The Bertz CT molecular complexity index is 671. The number of hydrogen-bond donors (Lipinski definition) is 3. The van der Waals surface area contributed by atoms with Crippen LogP contribution in [0.15, 0.2) is 34.8 Å². The summed E-state index contributed by atoms with van der Waals surface area (Å²) < 4.78 is 27.9. The van der Waals surface area contributed by atoms with Gasteiger partial charge in [-0.1, -0.05) is 6.07 Å². The molecule has 0 aliphatic heterocycles. The third kappa shape index (κ3) is 2.72. The number of benzene rings is 2. The fraction of sp³-hybridized carbons (Fsp3) is 0. The van der Waals surface area contributed by atoms with Crippen LogP contribution in [0.1, 0.15) is 10.4 Å². The molecule has 20 heavy (non-hydrogen) atoms. The van der Waals surface area contributed by atoms with E-state index in [9.17, 15) is 13.6 Å². The Morgan fingerprint density at radius 3 is 2.50 bits per heavy atom. The van der Waals surface area contributed by atoms with Crippen LogP contribution < -0.4 is 16.8 Å². The number of nitrogens with two attached hydrogens (primary N) is 2. The number of carbonyl (C=O) groups excluding carboxylic acids is 1. The third-order valence-corrected chi connectivity index (χ3v) is 3.29. The number of nitrogen functional groups attached to an aromatic ring is 1. The minimum absolute atomic E-state index is 0.0404. The molecule has 0 aromatic heterocycles. The minimum Gasteiger partial charge on any atom is -0.398 e. The van der Waals surface area contributed by atoms with Crippen molar-refractivity contribution >= 4 is 38.9 Å². The molecule has 0 aliphatic carbocycles. The van der Waals surface area contributed by atoms with Gasteiger partial charge in [-0.05, 0) is 40.2 Å². The summed E-state index contributed by atoms with van der Waals surface area (Å²) in [5.74, 6) is -2.09. The van der Waals surface area contributed by atoms with Crippen molar-refractivity contribution in [2.75, 3.05) is 11.1 Å². The maximum atomic E-state index is 13.8.